The van der Waals surface area contributed by atoms with E-state index in [-0.39, 0.29) is 11.5 Å². The normalized spacial score (nSPS) is 10.9. The summed E-state index contributed by atoms with van der Waals surface area (Å²) in [5, 5.41) is 9.80. The largest absolute Gasteiger partial charge is 0.508 e. The molecule has 2 aromatic rings. The molecule has 6 heteroatoms. The quantitative estimate of drug-likeness (QED) is 0.347. The zero-order valence-electron chi connectivity index (χ0n) is 14.6. The second-order valence-corrected chi connectivity index (χ2v) is 6.68. The van der Waals surface area contributed by atoms with Gasteiger partial charge in [0.05, 0.1) is 18.2 Å². The number of phenolic OH excluding ortho intramolecular Hbond substituents is 1. The van der Waals surface area contributed by atoms with Crippen molar-refractivity contribution in [3.8, 4) is 17.2 Å². The number of halogens is 2. The predicted molar refractivity (Wildman–Crippen MR) is 108 cm³/mol. The molecule has 0 aliphatic rings. The summed E-state index contributed by atoms with van der Waals surface area (Å²) in [5.41, 5.74) is 1.95. The molecule has 0 bridgehead atoms. The van der Waals surface area contributed by atoms with E-state index in [0.29, 0.717) is 41.5 Å². The third-order valence-electron chi connectivity index (χ3n) is 3.69. The van der Waals surface area contributed by atoms with E-state index in [0.717, 1.165) is 10.0 Å². The van der Waals surface area contributed by atoms with Crippen molar-refractivity contribution in [2.45, 2.75) is 13.3 Å². The van der Waals surface area contributed by atoms with E-state index in [1.807, 2.05) is 19.1 Å². The van der Waals surface area contributed by atoms with Crippen LogP contribution in [0.15, 0.2) is 40.9 Å². The summed E-state index contributed by atoms with van der Waals surface area (Å²) >= 11 is 9.18. The molecule has 0 saturated heterocycles. The molecule has 0 aliphatic heterocycles. The third-order valence-corrected chi connectivity index (χ3v) is 4.47. The first-order valence-electron chi connectivity index (χ1n) is 8.10. The molecule has 0 aromatic heterocycles. The third kappa shape index (κ3) is 5.02. The first-order valence-corrected chi connectivity index (χ1v) is 9.43. The number of aryl methyl sites for hydroxylation is 1. The summed E-state index contributed by atoms with van der Waals surface area (Å²) < 4.78 is 11.7. The smallest absolute Gasteiger partial charge is 0.185 e. The molecule has 138 valence electrons. The highest BCUT2D eigenvalue weighted by Gasteiger charge is 2.11. The number of allylic oxidation sites excluding steroid dienone is 1. The summed E-state index contributed by atoms with van der Waals surface area (Å²) in [6.45, 7) is 2.40. The Labute approximate surface area is 166 Å². The molecule has 26 heavy (non-hydrogen) atoms. The fraction of sp³-hybridized carbons (Fsp3) is 0.250. The Morgan fingerprint density at radius 3 is 2.73 bits per heavy atom. The molecule has 0 aliphatic carbocycles. The van der Waals surface area contributed by atoms with E-state index < -0.39 is 0 Å². The number of carbonyl (C=O) groups excluding carboxylic acids is 1. The van der Waals surface area contributed by atoms with Crippen LogP contribution in [-0.2, 0) is 6.42 Å². The van der Waals surface area contributed by atoms with E-state index in [2.05, 4.69) is 15.9 Å². The molecule has 0 spiro atoms. The minimum absolute atomic E-state index is 0.145. The minimum atomic E-state index is -0.161. The first kappa shape index (κ1) is 20.3. The number of phenols is 1. The molecular weight excluding hydrogens is 420 g/mol. The molecule has 0 saturated carbocycles. The Morgan fingerprint density at radius 2 is 2.08 bits per heavy atom. The van der Waals surface area contributed by atoms with Gasteiger partial charge in [-0.05, 0) is 76.8 Å². The average molecular weight is 440 g/mol. The Kier molecular flexibility index (Phi) is 7.54. The molecule has 4 nitrogen and oxygen atoms in total. The summed E-state index contributed by atoms with van der Waals surface area (Å²) in [4.78, 5) is 12.4. The zero-order chi connectivity index (χ0) is 19.1. The van der Waals surface area contributed by atoms with E-state index >= 15 is 0 Å². The number of aromatic hydroxyl groups is 1. The summed E-state index contributed by atoms with van der Waals surface area (Å²) in [5.74, 6) is 1.57. The second kappa shape index (κ2) is 9.64. The summed E-state index contributed by atoms with van der Waals surface area (Å²) in [7, 11) is 1.57. The highest BCUT2D eigenvalue weighted by molar-refractivity contribution is 9.10. The summed E-state index contributed by atoms with van der Waals surface area (Å²) in [6.07, 6.45) is 3.70. The van der Waals surface area contributed by atoms with Crippen LogP contribution in [0, 0.1) is 0 Å². The molecule has 2 rings (SSSR count). The molecule has 0 amide bonds. The molecule has 2 aromatic carbocycles. The second-order valence-electron chi connectivity index (χ2n) is 5.45. The number of benzene rings is 2. The molecule has 0 heterocycles. The van der Waals surface area contributed by atoms with Crippen molar-refractivity contribution in [1.29, 1.82) is 0 Å². The van der Waals surface area contributed by atoms with E-state index in [4.69, 9.17) is 21.1 Å². The van der Waals surface area contributed by atoms with Gasteiger partial charge in [-0.3, -0.25) is 4.79 Å². The number of hydrogen-bond acceptors (Lipinski definition) is 4. The van der Waals surface area contributed by atoms with Crippen molar-refractivity contribution in [3.63, 3.8) is 0 Å². The fourth-order valence-corrected chi connectivity index (χ4v) is 3.28. The fourth-order valence-electron chi connectivity index (χ4n) is 2.45. The Bertz CT molecular complexity index is 818. The van der Waals surface area contributed by atoms with Crippen LogP contribution in [0.2, 0.25) is 0 Å². The van der Waals surface area contributed by atoms with Gasteiger partial charge in [0, 0.05) is 11.4 Å². The maximum atomic E-state index is 12.4. The first-order chi connectivity index (χ1) is 12.5. The number of methoxy groups -OCH3 is 1. The van der Waals surface area contributed by atoms with Gasteiger partial charge in [0.15, 0.2) is 17.3 Å². The van der Waals surface area contributed by atoms with Gasteiger partial charge in [-0.1, -0.05) is 6.08 Å². The van der Waals surface area contributed by atoms with Crippen molar-refractivity contribution in [2.75, 3.05) is 19.6 Å². The lowest BCUT2D eigenvalue weighted by molar-refractivity contribution is 0.104. The van der Waals surface area contributed by atoms with Crippen molar-refractivity contribution in [2.24, 2.45) is 0 Å². The molecule has 1 N–H and O–H groups in total. The zero-order valence-corrected chi connectivity index (χ0v) is 16.9. The highest BCUT2D eigenvalue weighted by atomic mass is 79.9. The van der Waals surface area contributed by atoms with E-state index in [9.17, 15) is 9.90 Å². The molecular formula is C20H20BrClO4. The van der Waals surface area contributed by atoms with Gasteiger partial charge in [0.2, 0.25) is 0 Å². The average Bonchev–Trinajstić information content (AvgIpc) is 2.62. The maximum Gasteiger partial charge on any atom is 0.185 e. The lowest BCUT2D eigenvalue weighted by atomic mass is 10.0. The van der Waals surface area contributed by atoms with Crippen LogP contribution in [0.25, 0.3) is 6.08 Å². The number of alkyl halides is 1. The van der Waals surface area contributed by atoms with Crippen LogP contribution in [0.4, 0.5) is 0 Å². The SMILES string of the molecule is CCOc1cc(/C=C\C(=O)c2ccc(O)c(CCCl)c2)cc(Br)c1OC. The maximum absolute atomic E-state index is 12.4. The lowest BCUT2D eigenvalue weighted by Crippen LogP contribution is -1.98. The van der Waals surface area contributed by atoms with Gasteiger partial charge in [-0.2, -0.15) is 0 Å². The van der Waals surface area contributed by atoms with Crippen molar-refractivity contribution in [1.82, 2.24) is 0 Å². The van der Waals surface area contributed by atoms with Crippen LogP contribution in [-0.4, -0.2) is 30.5 Å². The summed E-state index contributed by atoms with van der Waals surface area (Å²) in [6, 6.07) is 8.43. The number of carbonyl (C=O) groups is 1. The molecule has 0 atom stereocenters. The van der Waals surface area contributed by atoms with Crippen molar-refractivity contribution in [3.05, 3.63) is 57.6 Å². The topological polar surface area (TPSA) is 55.8 Å². The van der Waals surface area contributed by atoms with Crippen LogP contribution in [0.5, 0.6) is 17.2 Å². The number of rotatable bonds is 8. The van der Waals surface area contributed by atoms with E-state index in [1.165, 1.54) is 12.1 Å². The Balaban J connectivity index is 2.26. The number of ketones is 1. The predicted octanol–water partition coefficient (Wildman–Crippen LogP) is 5.24. The van der Waals surface area contributed by atoms with Crippen LogP contribution < -0.4 is 9.47 Å². The monoisotopic (exact) mass is 438 g/mol. The molecule has 0 radical (unpaired) electrons. The van der Waals surface area contributed by atoms with Crippen LogP contribution in [0.3, 0.4) is 0 Å². The van der Waals surface area contributed by atoms with Gasteiger partial charge in [0.25, 0.3) is 0 Å². The van der Waals surface area contributed by atoms with Gasteiger partial charge >= 0.3 is 0 Å². The number of hydrogen-bond donors (Lipinski definition) is 1. The van der Waals surface area contributed by atoms with Gasteiger partial charge in [0.1, 0.15) is 5.75 Å². The lowest BCUT2D eigenvalue weighted by Gasteiger charge is -2.12. The molecule has 0 unspecified atom stereocenters. The standard InChI is InChI=1S/C20H20BrClO4/c1-3-26-19-11-13(10-16(21)20(19)25-2)4-6-17(23)14-5-7-18(24)15(12-14)8-9-22/h4-7,10-12,24H,3,8-9H2,1-2H3/b6-4-. The van der Waals surface area contributed by atoms with Crippen LogP contribution in [0.1, 0.15) is 28.4 Å². The highest BCUT2D eigenvalue weighted by Crippen LogP contribution is 2.37. The minimum Gasteiger partial charge on any atom is -0.508 e. The van der Waals surface area contributed by atoms with Gasteiger partial charge < -0.3 is 14.6 Å². The van der Waals surface area contributed by atoms with E-state index in [1.54, 1.807) is 25.3 Å². The Morgan fingerprint density at radius 1 is 1.31 bits per heavy atom. The van der Waals surface area contributed by atoms with Crippen molar-refractivity contribution < 1.29 is 19.4 Å². The Hall–Kier alpha value is -1.98. The van der Waals surface area contributed by atoms with Crippen molar-refractivity contribution >= 4 is 39.4 Å². The van der Waals surface area contributed by atoms with Gasteiger partial charge in [-0.15, -0.1) is 11.6 Å². The number of ether oxygens (including phenoxy) is 2. The van der Waals surface area contributed by atoms with Gasteiger partial charge in [-0.25, -0.2) is 0 Å². The van der Waals surface area contributed by atoms with Crippen LogP contribution >= 0.6 is 27.5 Å². The molecule has 0 fully saturated rings.